The number of aromatic nitrogens is 1. The lowest BCUT2D eigenvalue weighted by Crippen LogP contribution is -3.21. The van der Waals surface area contributed by atoms with E-state index >= 15 is 0 Å². The third-order valence-electron chi connectivity index (χ3n) is 7.94. The molecule has 0 spiro atoms. The topological polar surface area (TPSA) is 54.7 Å². The standard InChI is InChI=1S/C27H29N3O2S/c1-17-8-13-21-24(15-17)33-26(28-21)19-9-11-20(12-10-19)30-25(31)16-23(27(30)32)29-14-4-6-18-5-2-3-7-22(18)29/h8-13,15,18,22-23H,2-7,14,16H2,1H3/p+1/t18-,22+,23+/m1/s1. The maximum atomic E-state index is 13.5. The van der Waals surface area contributed by atoms with Crippen LogP contribution in [0.3, 0.4) is 0 Å². The van der Waals surface area contributed by atoms with Gasteiger partial charge in [-0.1, -0.05) is 12.5 Å². The normalized spacial score (nSPS) is 27.8. The fourth-order valence-corrected chi connectivity index (χ4v) is 7.40. The van der Waals surface area contributed by atoms with Gasteiger partial charge in [-0.15, -0.1) is 11.3 Å². The minimum Gasteiger partial charge on any atom is -0.322 e. The van der Waals surface area contributed by atoms with E-state index in [-0.39, 0.29) is 17.9 Å². The highest BCUT2D eigenvalue weighted by molar-refractivity contribution is 7.21. The van der Waals surface area contributed by atoms with E-state index in [2.05, 4.69) is 25.1 Å². The zero-order chi connectivity index (χ0) is 22.5. The molecule has 3 fully saturated rings. The number of rotatable bonds is 3. The molecule has 1 N–H and O–H groups in total. The average molecular weight is 461 g/mol. The molecular weight excluding hydrogens is 430 g/mol. The second-order valence-corrected chi connectivity index (χ2v) is 11.0. The van der Waals surface area contributed by atoms with Gasteiger partial charge >= 0.3 is 0 Å². The lowest BCUT2D eigenvalue weighted by molar-refractivity contribution is -0.950. The number of benzene rings is 2. The number of piperidine rings is 1. The predicted octanol–water partition coefficient (Wildman–Crippen LogP) is 4.14. The van der Waals surface area contributed by atoms with Crippen molar-refractivity contribution in [2.24, 2.45) is 5.92 Å². The zero-order valence-electron chi connectivity index (χ0n) is 19.0. The van der Waals surface area contributed by atoms with Crippen molar-refractivity contribution in [3.63, 3.8) is 0 Å². The van der Waals surface area contributed by atoms with Crippen LogP contribution in [0.4, 0.5) is 5.69 Å². The molecule has 33 heavy (non-hydrogen) atoms. The Bertz CT molecular complexity index is 1220. The molecule has 0 bridgehead atoms. The molecule has 1 aromatic heterocycles. The molecule has 3 heterocycles. The molecule has 170 valence electrons. The molecule has 6 rings (SSSR count). The number of fused-ring (bicyclic) bond motifs is 2. The summed E-state index contributed by atoms with van der Waals surface area (Å²) in [6.45, 7) is 3.11. The monoisotopic (exact) mass is 460 g/mol. The Morgan fingerprint density at radius 3 is 2.64 bits per heavy atom. The van der Waals surface area contributed by atoms with Gasteiger partial charge in [0.25, 0.3) is 5.91 Å². The van der Waals surface area contributed by atoms with Crippen molar-refractivity contribution in [2.75, 3.05) is 11.4 Å². The number of anilines is 1. The van der Waals surface area contributed by atoms with Gasteiger partial charge in [0.15, 0.2) is 6.04 Å². The summed E-state index contributed by atoms with van der Waals surface area (Å²) in [7, 11) is 0. The number of amides is 2. The number of aryl methyl sites for hydroxylation is 1. The Morgan fingerprint density at radius 2 is 1.79 bits per heavy atom. The summed E-state index contributed by atoms with van der Waals surface area (Å²) in [4.78, 5) is 34.0. The number of likely N-dealkylation sites (tertiary alicyclic amines) is 1. The second kappa shape index (κ2) is 8.33. The lowest BCUT2D eigenvalue weighted by Gasteiger charge is -2.43. The summed E-state index contributed by atoms with van der Waals surface area (Å²) in [6, 6.07) is 14.4. The van der Waals surface area contributed by atoms with Gasteiger partial charge in [0.05, 0.1) is 34.9 Å². The van der Waals surface area contributed by atoms with Gasteiger partial charge in [0.1, 0.15) is 5.01 Å². The largest absolute Gasteiger partial charge is 0.322 e. The molecule has 1 unspecified atom stereocenters. The third kappa shape index (κ3) is 3.69. The van der Waals surface area contributed by atoms with Crippen LogP contribution in [-0.2, 0) is 9.59 Å². The first-order chi connectivity index (χ1) is 16.1. The van der Waals surface area contributed by atoms with Crippen LogP contribution >= 0.6 is 11.3 Å². The lowest BCUT2D eigenvalue weighted by atomic mass is 9.77. The SMILES string of the molecule is Cc1ccc2nc(-c3ccc(N4C(=O)C[C@H]([NH+]5CCC[C@H]6CCCC[C@@H]65)C4=O)cc3)sc2c1. The van der Waals surface area contributed by atoms with Crippen LogP contribution in [0.25, 0.3) is 20.8 Å². The van der Waals surface area contributed by atoms with Crippen molar-refractivity contribution in [1.29, 1.82) is 0 Å². The second-order valence-electron chi connectivity index (χ2n) is 9.98. The smallest absolute Gasteiger partial charge is 0.292 e. The van der Waals surface area contributed by atoms with E-state index in [9.17, 15) is 9.59 Å². The van der Waals surface area contributed by atoms with Crippen molar-refractivity contribution >= 4 is 39.1 Å². The van der Waals surface area contributed by atoms with E-state index in [1.807, 2.05) is 24.3 Å². The van der Waals surface area contributed by atoms with Crippen LogP contribution in [0.5, 0.6) is 0 Å². The van der Waals surface area contributed by atoms with Gasteiger partial charge < -0.3 is 4.90 Å². The molecule has 2 amide bonds. The van der Waals surface area contributed by atoms with Crippen LogP contribution < -0.4 is 9.80 Å². The van der Waals surface area contributed by atoms with Gasteiger partial charge in [0, 0.05) is 11.5 Å². The van der Waals surface area contributed by atoms with E-state index in [1.54, 1.807) is 11.3 Å². The minimum absolute atomic E-state index is 0.00978. The number of nitrogens with zero attached hydrogens (tertiary/aromatic N) is 2. The Morgan fingerprint density at radius 1 is 1.00 bits per heavy atom. The number of carbonyl (C=O) groups excluding carboxylic acids is 2. The summed E-state index contributed by atoms with van der Waals surface area (Å²) in [6.07, 6.45) is 7.88. The maximum Gasteiger partial charge on any atom is 0.292 e. The molecule has 2 saturated heterocycles. The molecule has 1 saturated carbocycles. The van der Waals surface area contributed by atoms with Gasteiger partial charge in [-0.2, -0.15) is 0 Å². The molecule has 3 aliphatic rings. The zero-order valence-corrected chi connectivity index (χ0v) is 19.9. The van der Waals surface area contributed by atoms with Crippen molar-refractivity contribution in [3.05, 3.63) is 48.0 Å². The van der Waals surface area contributed by atoms with E-state index in [1.165, 1.54) is 58.6 Å². The summed E-state index contributed by atoms with van der Waals surface area (Å²) >= 11 is 1.67. The Hall–Kier alpha value is -2.57. The Labute approximate surface area is 198 Å². The van der Waals surface area contributed by atoms with Crippen LogP contribution in [0, 0.1) is 12.8 Å². The third-order valence-corrected chi connectivity index (χ3v) is 9.00. The van der Waals surface area contributed by atoms with E-state index in [0.717, 1.165) is 28.6 Å². The van der Waals surface area contributed by atoms with Crippen molar-refractivity contribution in [1.82, 2.24) is 4.98 Å². The predicted molar refractivity (Wildman–Crippen MR) is 132 cm³/mol. The van der Waals surface area contributed by atoms with Crippen LogP contribution in [0.15, 0.2) is 42.5 Å². The Kier molecular flexibility index (Phi) is 5.30. The van der Waals surface area contributed by atoms with Crippen LogP contribution in [0.2, 0.25) is 0 Å². The summed E-state index contributed by atoms with van der Waals surface area (Å²) < 4.78 is 1.17. The van der Waals surface area contributed by atoms with E-state index in [4.69, 9.17) is 4.98 Å². The summed E-state index contributed by atoms with van der Waals surface area (Å²) in [5.74, 6) is 0.666. The van der Waals surface area contributed by atoms with Crippen molar-refractivity contribution in [3.8, 4) is 10.6 Å². The molecular formula is C27H30N3O2S+. The number of carbonyl (C=O) groups is 2. The van der Waals surface area contributed by atoms with Crippen LogP contribution in [0.1, 0.15) is 50.5 Å². The number of imide groups is 1. The highest BCUT2D eigenvalue weighted by Crippen LogP contribution is 2.33. The number of hydrogen-bond acceptors (Lipinski definition) is 4. The van der Waals surface area contributed by atoms with Crippen molar-refractivity contribution < 1.29 is 14.5 Å². The average Bonchev–Trinajstić information content (AvgIpc) is 3.38. The maximum absolute atomic E-state index is 13.5. The van der Waals surface area contributed by atoms with Gasteiger partial charge in [-0.3, -0.25) is 9.59 Å². The molecule has 2 aromatic carbocycles. The fourth-order valence-electron chi connectivity index (χ4n) is 6.33. The number of quaternary nitrogens is 1. The van der Waals surface area contributed by atoms with Crippen LogP contribution in [-0.4, -0.2) is 35.4 Å². The first kappa shape index (κ1) is 21.0. The molecule has 5 nitrogen and oxygen atoms in total. The molecule has 0 radical (unpaired) electrons. The molecule has 1 aliphatic carbocycles. The van der Waals surface area contributed by atoms with Gasteiger partial charge in [0.2, 0.25) is 5.91 Å². The fraction of sp³-hybridized carbons (Fsp3) is 0.444. The number of thiazole rings is 1. The number of hydrogen-bond donors (Lipinski definition) is 1. The first-order valence-corrected chi connectivity index (χ1v) is 13.1. The quantitative estimate of drug-likeness (QED) is 0.598. The highest BCUT2D eigenvalue weighted by Gasteiger charge is 2.50. The van der Waals surface area contributed by atoms with Gasteiger partial charge in [-0.25, -0.2) is 9.88 Å². The first-order valence-electron chi connectivity index (χ1n) is 12.3. The summed E-state index contributed by atoms with van der Waals surface area (Å²) in [5.41, 5.74) is 3.93. The molecule has 3 aromatic rings. The van der Waals surface area contributed by atoms with Crippen molar-refractivity contribution in [2.45, 2.75) is 64.0 Å². The molecule has 2 aliphatic heterocycles. The molecule has 6 heteroatoms. The number of nitrogens with one attached hydrogen (secondary N) is 1. The van der Waals surface area contributed by atoms with E-state index in [0.29, 0.717) is 18.2 Å². The minimum atomic E-state index is -0.212. The highest BCUT2D eigenvalue weighted by atomic mass is 32.1. The Balaban J connectivity index is 1.24. The van der Waals surface area contributed by atoms with E-state index < -0.39 is 0 Å². The summed E-state index contributed by atoms with van der Waals surface area (Å²) in [5, 5.41) is 0.959. The van der Waals surface area contributed by atoms with Gasteiger partial charge in [-0.05, 0) is 81.0 Å². The molecule has 4 atom stereocenters.